The Bertz CT molecular complexity index is 781. The molecule has 0 amide bonds. The molecule has 2 aromatic carbocycles. The van der Waals surface area contributed by atoms with E-state index in [1.54, 1.807) is 12.1 Å². The number of para-hydroxylation sites is 2. The van der Waals surface area contributed by atoms with Crippen LogP contribution in [0, 0.1) is 0 Å². The fraction of sp³-hybridized carbons (Fsp3) is 0.0667. The zero-order chi connectivity index (χ0) is 14.8. The summed E-state index contributed by atoms with van der Waals surface area (Å²) in [6.07, 6.45) is 0. The number of nitrogens with zero attached hydrogens (tertiary/aromatic N) is 1. The van der Waals surface area contributed by atoms with Crippen molar-refractivity contribution in [2.75, 3.05) is 0 Å². The van der Waals surface area contributed by atoms with Crippen LogP contribution in [-0.4, -0.2) is 11.0 Å². The van der Waals surface area contributed by atoms with Crippen molar-refractivity contribution in [1.29, 1.82) is 0 Å². The van der Waals surface area contributed by atoms with E-state index in [-0.39, 0.29) is 17.2 Å². The quantitative estimate of drug-likeness (QED) is 0.667. The maximum atomic E-state index is 11.9. The Morgan fingerprint density at radius 1 is 1.19 bits per heavy atom. The minimum atomic E-state index is -0.557. The van der Waals surface area contributed by atoms with Gasteiger partial charge in [0.1, 0.15) is 5.52 Å². The predicted molar refractivity (Wildman–Crippen MR) is 79.6 cm³/mol. The number of halogens is 2. The second-order valence-electron chi connectivity index (χ2n) is 4.28. The van der Waals surface area contributed by atoms with Gasteiger partial charge < -0.3 is 9.15 Å². The second-order valence-corrected chi connectivity index (χ2v) is 5.12. The molecule has 0 fully saturated rings. The number of hydrogen-bond acceptors (Lipinski definition) is 4. The Labute approximate surface area is 130 Å². The highest BCUT2D eigenvalue weighted by atomic mass is 35.5. The molecule has 0 unspecified atom stereocenters. The first-order valence-electron chi connectivity index (χ1n) is 6.10. The Morgan fingerprint density at radius 2 is 2.00 bits per heavy atom. The lowest BCUT2D eigenvalue weighted by Gasteiger charge is -2.04. The van der Waals surface area contributed by atoms with E-state index in [1.807, 2.05) is 18.2 Å². The third-order valence-electron chi connectivity index (χ3n) is 2.82. The summed E-state index contributed by atoms with van der Waals surface area (Å²) in [6.45, 7) is -0.0630. The second kappa shape index (κ2) is 5.76. The third-order valence-corrected chi connectivity index (χ3v) is 3.36. The zero-order valence-electron chi connectivity index (χ0n) is 10.7. The van der Waals surface area contributed by atoms with Crippen molar-refractivity contribution >= 4 is 40.3 Å². The van der Waals surface area contributed by atoms with E-state index < -0.39 is 5.97 Å². The van der Waals surface area contributed by atoms with Gasteiger partial charge in [0, 0.05) is 5.02 Å². The summed E-state index contributed by atoms with van der Waals surface area (Å²) in [4.78, 5) is 16.2. The first-order chi connectivity index (χ1) is 10.1. The van der Waals surface area contributed by atoms with Gasteiger partial charge in [-0.3, -0.25) is 0 Å². The van der Waals surface area contributed by atoms with Crippen molar-refractivity contribution in [2.24, 2.45) is 0 Å². The number of aromatic nitrogens is 1. The molecule has 0 saturated heterocycles. The summed E-state index contributed by atoms with van der Waals surface area (Å²) in [5, 5.41) is 0.695. The van der Waals surface area contributed by atoms with Crippen LogP contribution in [0.1, 0.15) is 16.2 Å². The van der Waals surface area contributed by atoms with Gasteiger partial charge in [0.05, 0.1) is 10.6 Å². The molecule has 3 aromatic rings. The van der Waals surface area contributed by atoms with Crippen LogP contribution in [-0.2, 0) is 11.3 Å². The monoisotopic (exact) mass is 321 g/mol. The average molecular weight is 322 g/mol. The molecule has 1 heterocycles. The maximum Gasteiger partial charge on any atom is 0.340 e. The molecular weight excluding hydrogens is 313 g/mol. The number of esters is 1. The minimum absolute atomic E-state index is 0.0630. The Balaban J connectivity index is 1.73. The summed E-state index contributed by atoms with van der Waals surface area (Å²) in [5.74, 6) is -0.228. The fourth-order valence-electron chi connectivity index (χ4n) is 1.84. The fourth-order valence-corrected chi connectivity index (χ4v) is 2.33. The molecule has 4 nitrogen and oxygen atoms in total. The van der Waals surface area contributed by atoms with Gasteiger partial charge in [0.25, 0.3) is 0 Å². The van der Waals surface area contributed by atoms with E-state index in [9.17, 15) is 4.79 Å². The van der Waals surface area contributed by atoms with Crippen LogP contribution in [0.15, 0.2) is 46.9 Å². The number of carbonyl (C=O) groups is 1. The summed E-state index contributed by atoms with van der Waals surface area (Å²) in [5.41, 5.74) is 1.61. The Morgan fingerprint density at radius 3 is 2.76 bits per heavy atom. The van der Waals surface area contributed by atoms with Gasteiger partial charge in [-0.05, 0) is 30.3 Å². The molecule has 0 radical (unpaired) electrons. The van der Waals surface area contributed by atoms with E-state index in [4.69, 9.17) is 32.4 Å². The van der Waals surface area contributed by atoms with Crippen LogP contribution >= 0.6 is 23.2 Å². The molecule has 0 spiro atoms. The first kappa shape index (κ1) is 13.9. The van der Waals surface area contributed by atoms with E-state index in [2.05, 4.69) is 4.98 Å². The van der Waals surface area contributed by atoms with Gasteiger partial charge in [-0.2, -0.15) is 0 Å². The standard InChI is InChI=1S/C15H9Cl2NO3/c16-9-5-6-10(11(17)7-9)15(19)20-8-14-18-12-3-1-2-4-13(12)21-14/h1-7H,8H2. The Hall–Kier alpha value is -2.04. The van der Waals surface area contributed by atoms with Crippen molar-refractivity contribution in [3.63, 3.8) is 0 Å². The summed E-state index contributed by atoms with van der Waals surface area (Å²) < 4.78 is 10.6. The predicted octanol–water partition coefficient (Wildman–Crippen LogP) is 4.49. The number of ether oxygens (including phenoxy) is 1. The van der Waals surface area contributed by atoms with E-state index in [0.717, 1.165) is 0 Å². The van der Waals surface area contributed by atoms with Crippen molar-refractivity contribution < 1.29 is 13.9 Å². The number of oxazole rings is 1. The van der Waals surface area contributed by atoms with Crippen molar-refractivity contribution in [3.05, 3.63) is 64.0 Å². The maximum absolute atomic E-state index is 11.9. The molecule has 0 aliphatic heterocycles. The van der Waals surface area contributed by atoms with Gasteiger partial charge in [-0.1, -0.05) is 35.3 Å². The number of benzene rings is 2. The van der Waals surface area contributed by atoms with Crippen LogP contribution in [0.3, 0.4) is 0 Å². The third kappa shape index (κ3) is 3.01. The van der Waals surface area contributed by atoms with Gasteiger partial charge in [-0.25, -0.2) is 9.78 Å². The average Bonchev–Trinajstić information content (AvgIpc) is 2.87. The molecule has 0 N–H and O–H groups in total. The topological polar surface area (TPSA) is 52.3 Å². The number of fused-ring (bicyclic) bond motifs is 1. The highest BCUT2D eigenvalue weighted by Gasteiger charge is 2.14. The zero-order valence-corrected chi connectivity index (χ0v) is 12.2. The molecule has 0 atom stereocenters. The molecule has 106 valence electrons. The van der Waals surface area contributed by atoms with Gasteiger partial charge in [0.15, 0.2) is 12.2 Å². The van der Waals surface area contributed by atoms with Crippen LogP contribution in [0.5, 0.6) is 0 Å². The normalized spacial score (nSPS) is 10.8. The molecule has 21 heavy (non-hydrogen) atoms. The van der Waals surface area contributed by atoms with Crippen molar-refractivity contribution in [2.45, 2.75) is 6.61 Å². The smallest absolute Gasteiger partial charge is 0.340 e. The molecule has 3 rings (SSSR count). The van der Waals surface area contributed by atoms with Gasteiger partial charge >= 0.3 is 5.97 Å². The first-order valence-corrected chi connectivity index (χ1v) is 6.86. The number of rotatable bonds is 3. The SMILES string of the molecule is O=C(OCc1nc2ccccc2o1)c1ccc(Cl)cc1Cl. The number of carbonyl (C=O) groups excluding carboxylic acids is 1. The lowest BCUT2D eigenvalue weighted by atomic mass is 10.2. The highest BCUT2D eigenvalue weighted by Crippen LogP contribution is 2.22. The van der Waals surface area contributed by atoms with Crippen molar-refractivity contribution in [3.8, 4) is 0 Å². The largest absolute Gasteiger partial charge is 0.452 e. The molecule has 0 aliphatic rings. The molecule has 0 aliphatic carbocycles. The summed E-state index contributed by atoms with van der Waals surface area (Å²) in [7, 11) is 0. The van der Waals surface area contributed by atoms with Crippen LogP contribution < -0.4 is 0 Å². The lowest BCUT2D eigenvalue weighted by molar-refractivity contribution is 0.0440. The van der Waals surface area contributed by atoms with E-state index >= 15 is 0 Å². The molecule has 6 heteroatoms. The molecular formula is C15H9Cl2NO3. The van der Waals surface area contributed by atoms with E-state index in [1.165, 1.54) is 12.1 Å². The minimum Gasteiger partial charge on any atom is -0.452 e. The Kier molecular flexibility index (Phi) is 3.82. The molecule has 1 aromatic heterocycles. The van der Waals surface area contributed by atoms with Crippen LogP contribution in [0.4, 0.5) is 0 Å². The van der Waals surface area contributed by atoms with Gasteiger partial charge in [-0.15, -0.1) is 0 Å². The number of hydrogen-bond donors (Lipinski definition) is 0. The van der Waals surface area contributed by atoms with Gasteiger partial charge in [0.2, 0.25) is 5.89 Å². The van der Waals surface area contributed by atoms with E-state index in [0.29, 0.717) is 22.0 Å². The van der Waals surface area contributed by atoms with Crippen LogP contribution in [0.2, 0.25) is 10.0 Å². The summed E-state index contributed by atoms with van der Waals surface area (Å²) >= 11 is 11.7. The van der Waals surface area contributed by atoms with Crippen molar-refractivity contribution in [1.82, 2.24) is 4.98 Å². The lowest BCUT2D eigenvalue weighted by Crippen LogP contribution is -2.06. The molecule has 0 saturated carbocycles. The van der Waals surface area contributed by atoms with Crippen LogP contribution in [0.25, 0.3) is 11.1 Å². The molecule has 0 bridgehead atoms. The highest BCUT2D eigenvalue weighted by molar-refractivity contribution is 6.36. The summed E-state index contributed by atoms with van der Waals surface area (Å²) in [6, 6.07) is 11.9.